The summed E-state index contributed by atoms with van der Waals surface area (Å²) in [5.74, 6) is 0. The normalized spacial score (nSPS) is 11.9. The maximum atomic E-state index is 2.42. The van der Waals surface area contributed by atoms with E-state index in [2.05, 4.69) is 252 Å². The molecule has 1 aliphatic rings. The molecule has 2 aromatic heterocycles. The van der Waals surface area contributed by atoms with Crippen LogP contribution in [0.25, 0.3) is 133 Å². The van der Waals surface area contributed by atoms with E-state index in [1.807, 2.05) is 0 Å². The van der Waals surface area contributed by atoms with Gasteiger partial charge in [-0.05, 0) is 138 Å². The zero-order valence-electron chi connectivity index (χ0n) is 36.0. The Balaban J connectivity index is 0.815. The van der Waals surface area contributed by atoms with Crippen molar-refractivity contribution in [1.82, 2.24) is 9.13 Å². The summed E-state index contributed by atoms with van der Waals surface area (Å²) < 4.78 is 4.83. The van der Waals surface area contributed by atoms with E-state index in [9.17, 15) is 0 Å². The number of hydrogen-bond acceptors (Lipinski definition) is 0. The molecule has 0 unspecified atom stereocenters. The molecule has 2 heterocycles. The molecule has 0 bridgehead atoms. The van der Waals surface area contributed by atoms with Gasteiger partial charge in [-0.15, -0.1) is 0 Å². The van der Waals surface area contributed by atoms with Gasteiger partial charge in [-0.25, -0.2) is 0 Å². The van der Waals surface area contributed by atoms with Gasteiger partial charge in [0, 0.05) is 32.9 Å². The van der Waals surface area contributed by atoms with Crippen LogP contribution >= 0.6 is 0 Å². The average Bonchev–Trinajstić information content (AvgIpc) is 4.03. The Labute approximate surface area is 382 Å². The highest BCUT2D eigenvalue weighted by Crippen LogP contribution is 2.49. The van der Waals surface area contributed by atoms with E-state index in [4.69, 9.17) is 0 Å². The van der Waals surface area contributed by atoms with Gasteiger partial charge < -0.3 is 9.13 Å². The molecule has 66 heavy (non-hydrogen) atoms. The van der Waals surface area contributed by atoms with Crippen LogP contribution in [0.5, 0.6) is 0 Å². The summed E-state index contributed by atoms with van der Waals surface area (Å²) in [5.41, 5.74) is 22.2. The van der Waals surface area contributed by atoms with Gasteiger partial charge in [-0.2, -0.15) is 0 Å². The lowest BCUT2D eigenvalue weighted by Gasteiger charge is -2.12. The molecule has 0 atom stereocenters. The Hall–Kier alpha value is -8.72. The number of para-hydroxylation sites is 2. The molecule has 13 aromatic rings. The van der Waals surface area contributed by atoms with Crippen LogP contribution < -0.4 is 0 Å². The Morgan fingerprint density at radius 2 is 0.576 bits per heavy atom. The Morgan fingerprint density at radius 3 is 1.14 bits per heavy atom. The first-order chi connectivity index (χ1) is 32.7. The first-order valence-corrected chi connectivity index (χ1v) is 22.8. The van der Waals surface area contributed by atoms with Gasteiger partial charge in [-0.3, -0.25) is 0 Å². The van der Waals surface area contributed by atoms with E-state index >= 15 is 0 Å². The first kappa shape index (κ1) is 36.7. The molecule has 0 N–H and O–H groups in total. The molecule has 1 aliphatic carbocycles. The van der Waals surface area contributed by atoms with Crippen molar-refractivity contribution in [2.75, 3.05) is 0 Å². The second kappa shape index (κ2) is 14.4. The Bertz CT molecular complexity index is 4030. The van der Waals surface area contributed by atoms with E-state index in [0.717, 1.165) is 11.4 Å². The van der Waals surface area contributed by atoms with Crippen molar-refractivity contribution in [3.05, 3.63) is 243 Å². The van der Waals surface area contributed by atoms with Crippen molar-refractivity contribution in [1.29, 1.82) is 0 Å². The molecule has 0 saturated heterocycles. The SMILES string of the molecule is c1ccc(-c2ccc(-c3ccc(-n4c5ccccc5c5cc(-c6ccc7c(c6)c6ccccc6n7-c6ccc(-c7ccc8c9c(cccc79)-c7ccccc7-8)cc6)ccc54)cc3)cc2)cc1. The van der Waals surface area contributed by atoms with Gasteiger partial charge in [0.1, 0.15) is 0 Å². The fraction of sp³-hybridized carbons (Fsp3) is 0. The van der Waals surface area contributed by atoms with Crippen LogP contribution in [-0.4, -0.2) is 9.13 Å². The maximum absolute atomic E-state index is 2.42. The number of fused-ring (bicyclic) bond motifs is 9. The Kier molecular flexibility index (Phi) is 8.02. The van der Waals surface area contributed by atoms with E-state index in [0.29, 0.717) is 0 Å². The number of aromatic nitrogens is 2. The quantitative estimate of drug-likeness (QED) is 0.158. The fourth-order valence-electron chi connectivity index (χ4n) is 11.0. The smallest absolute Gasteiger partial charge is 0.0541 e. The van der Waals surface area contributed by atoms with Crippen LogP contribution in [0.1, 0.15) is 0 Å². The van der Waals surface area contributed by atoms with Crippen LogP contribution in [0.15, 0.2) is 243 Å². The molecule has 0 radical (unpaired) electrons. The van der Waals surface area contributed by atoms with E-state index in [1.165, 1.54) is 121 Å². The highest BCUT2D eigenvalue weighted by Gasteiger charge is 2.23. The summed E-state index contributed by atoms with van der Waals surface area (Å²) in [6.45, 7) is 0. The van der Waals surface area contributed by atoms with Crippen molar-refractivity contribution in [2.45, 2.75) is 0 Å². The molecule has 0 spiro atoms. The fourth-order valence-corrected chi connectivity index (χ4v) is 11.0. The van der Waals surface area contributed by atoms with Crippen molar-refractivity contribution in [3.63, 3.8) is 0 Å². The topological polar surface area (TPSA) is 9.86 Å². The van der Waals surface area contributed by atoms with Crippen LogP contribution in [0.2, 0.25) is 0 Å². The molecule has 0 saturated carbocycles. The van der Waals surface area contributed by atoms with Gasteiger partial charge in [-0.1, -0.05) is 182 Å². The largest absolute Gasteiger partial charge is 0.309 e. The predicted molar refractivity (Wildman–Crippen MR) is 279 cm³/mol. The maximum Gasteiger partial charge on any atom is 0.0541 e. The number of hydrogen-bond donors (Lipinski definition) is 0. The van der Waals surface area contributed by atoms with Gasteiger partial charge in [0.15, 0.2) is 0 Å². The van der Waals surface area contributed by atoms with Crippen molar-refractivity contribution < 1.29 is 0 Å². The van der Waals surface area contributed by atoms with Crippen LogP contribution in [0.4, 0.5) is 0 Å². The molecule has 306 valence electrons. The van der Waals surface area contributed by atoms with E-state index < -0.39 is 0 Å². The summed E-state index contributed by atoms with van der Waals surface area (Å²) in [6.07, 6.45) is 0. The molecular formula is C64H40N2. The number of rotatable bonds is 6. The molecule has 2 nitrogen and oxygen atoms in total. The van der Waals surface area contributed by atoms with E-state index in [-0.39, 0.29) is 0 Å². The number of benzene rings is 11. The summed E-state index contributed by atoms with van der Waals surface area (Å²) in [5, 5.41) is 7.65. The molecular weight excluding hydrogens is 797 g/mol. The molecule has 11 aromatic carbocycles. The average molecular weight is 837 g/mol. The third-order valence-electron chi connectivity index (χ3n) is 14.1. The van der Waals surface area contributed by atoms with Gasteiger partial charge >= 0.3 is 0 Å². The standard InChI is InChI=1S/C64H40N2/c1-2-11-41(12-3-1)42-21-23-43(24-22-42)44-25-31-48(32-26-44)65-60-19-8-6-15-53(60)58-39-46(29-37-62(58)65)47-30-38-63-59(40-47)54-16-7-9-20-61(54)66(63)49-33-27-45(28-34-49)50-35-36-57-52-14-5-4-13-51(52)56-18-10-17-55(50)64(56)57/h1-40H. The zero-order chi connectivity index (χ0) is 43.3. The van der Waals surface area contributed by atoms with Crippen molar-refractivity contribution in [2.24, 2.45) is 0 Å². The van der Waals surface area contributed by atoms with Crippen molar-refractivity contribution >= 4 is 54.4 Å². The second-order valence-corrected chi connectivity index (χ2v) is 17.6. The molecule has 0 amide bonds. The zero-order valence-corrected chi connectivity index (χ0v) is 36.0. The monoisotopic (exact) mass is 836 g/mol. The van der Waals surface area contributed by atoms with Gasteiger partial charge in [0.2, 0.25) is 0 Å². The minimum Gasteiger partial charge on any atom is -0.309 e. The third kappa shape index (κ3) is 5.55. The molecule has 14 rings (SSSR count). The molecule has 2 heteroatoms. The predicted octanol–water partition coefficient (Wildman–Crippen LogP) is 17.3. The van der Waals surface area contributed by atoms with Gasteiger partial charge in [0.25, 0.3) is 0 Å². The number of nitrogens with zero attached hydrogens (tertiary/aromatic N) is 2. The third-order valence-corrected chi connectivity index (χ3v) is 14.1. The van der Waals surface area contributed by atoms with E-state index in [1.54, 1.807) is 0 Å². The summed E-state index contributed by atoms with van der Waals surface area (Å²) >= 11 is 0. The highest BCUT2D eigenvalue weighted by molar-refractivity contribution is 6.19. The minimum absolute atomic E-state index is 1.15. The second-order valence-electron chi connectivity index (χ2n) is 17.6. The van der Waals surface area contributed by atoms with Crippen molar-refractivity contribution in [3.8, 4) is 78.1 Å². The summed E-state index contributed by atoms with van der Waals surface area (Å²) in [6, 6.07) is 89.3. The van der Waals surface area contributed by atoms with Crippen LogP contribution in [0.3, 0.4) is 0 Å². The van der Waals surface area contributed by atoms with Crippen LogP contribution in [0, 0.1) is 0 Å². The Morgan fingerprint density at radius 1 is 0.197 bits per heavy atom. The lowest BCUT2D eigenvalue weighted by atomic mass is 9.94. The lowest BCUT2D eigenvalue weighted by Crippen LogP contribution is -1.94. The minimum atomic E-state index is 1.15. The first-order valence-electron chi connectivity index (χ1n) is 22.8. The summed E-state index contributed by atoms with van der Waals surface area (Å²) in [7, 11) is 0. The van der Waals surface area contributed by atoms with Crippen LogP contribution in [-0.2, 0) is 0 Å². The molecule has 0 aliphatic heterocycles. The highest BCUT2D eigenvalue weighted by atomic mass is 15.0. The van der Waals surface area contributed by atoms with Gasteiger partial charge in [0.05, 0.1) is 22.1 Å². The summed E-state index contributed by atoms with van der Waals surface area (Å²) in [4.78, 5) is 0. The lowest BCUT2D eigenvalue weighted by molar-refractivity contribution is 1.18. The molecule has 0 fully saturated rings.